The average Bonchev–Trinajstić information content (AvgIpc) is 3.09. The zero-order valence-corrected chi connectivity index (χ0v) is 16.6. The number of nitrogens with zero attached hydrogens (tertiary/aromatic N) is 4. The number of aryl methyl sites for hydroxylation is 1. The van der Waals surface area contributed by atoms with E-state index < -0.39 is 14.6 Å². The number of hydrogen-bond acceptors (Lipinski definition) is 5. The van der Waals surface area contributed by atoms with E-state index in [-0.39, 0.29) is 17.0 Å². The second-order valence-corrected chi connectivity index (χ2v) is 9.80. The lowest BCUT2D eigenvalue weighted by atomic mass is 9.86. The van der Waals surface area contributed by atoms with Gasteiger partial charge in [0.25, 0.3) is 0 Å². The van der Waals surface area contributed by atoms with Gasteiger partial charge in [0.2, 0.25) is 9.84 Å². The Kier molecular flexibility index (Phi) is 5.23. The van der Waals surface area contributed by atoms with Crippen LogP contribution in [0.1, 0.15) is 26.7 Å². The predicted octanol–water partition coefficient (Wildman–Crippen LogP) is 2.31. The third-order valence-electron chi connectivity index (χ3n) is 5.44. The summed E-state index contributed by atoms with van der Waals surface area (Å²) >= 11 is 0. The summed E-state index contributed by atoms with van der Waals surface area (Å²) in [5.74, 6) is -0.0395. The average molecular weight is 391 g/mol. The molecule has 0 unspecified atom stereocenters. The lowest BCUT2D eigenvalue weighted by molar-refractivity contribution is 0.171. The Morgan fingerprint density at radius 3 is 2.33 bits per heavy atom. The zero-order chi connectivity index (χ0) is 19.7. The first-order chi connectivity index (χ1) is 12.7. The molecule has 1 N–H and O–H groups in total. The van der Waals surface area contributed by atoms with Gasteiger partial charge in [0.15, 0.2) is 5.03 Å². The van der Waals surface area contributed by atoms with Crippen molar-refractivity contribution in [2.45, 2.75) is 36.5 Å². The molecule has 0 spiro atoms. The monoisotopic (exact) mass is 391 g/mol. The summed E-state index contributed by atoms with van der Waals surface area (Å²) in [7, 11) is -1.90. The van der Waals surface area contributed by atoms with E-state index in [0.29, 0.717) is 31.6 Å². The zero-order valence-electron chi connectivity index (χ0n) is 15.8. The summed E-state index contributed by atoms with van der Waals surface area (Å²) in [4.78, 5) is 18.1. The molecule has 3 heterocycles. The second kappa shape index (κ2) is 7.30. The van der Waals surface area contributed by atoms with Gasteiger partial charge in [0.1, 0.15) is 0 Å². The maximum atomic E-state index is 13.1. The lowest BCUT2D eigenvalue weighted by Gasteiger charge is -2.40. The minimum absolute atomic E-state index is 0.0395. The van der Waals surface area contributed by atoms with Crippen LogP contribution in [-0.4, -0.2) is 51.9 Å². The van der Waals surface area contributed by atoms with Gasteiger partial charge in [0, 0.05) is 38.2 Å². The lowest BCUT2D eigenvalue weighted by Crippen LogP contribution is -2.48. The molecule has 0 radical (unpaired) electrons. The van der Waals surface area contributed by atoms with Gasteiger partial charge in [-0.15, -0.1) is 0 Å². The van der Waals surface area contributed by atoms with Gasteiger partial charge in [-0.05, 0) is 50.8 Å². The van der Waals surface area contributed by atoms with Crippen molar-refractivity contribution in [3.8, 4) is 0 Å². The van der Waals surface area contributed by atoms with Gasteiger partial charge in [-0.2, -0.15) is 5.10 Å². The first-order valence-electron chi connectivity index (χ1n) is 8.92. The summed E-state index contributed by atoms with van der Waals surface area (Å²) in [6.07, 6.45) is 6.00. The number of carbonyl (C=O) groups excluding carboxylic acids is 1. The number of likely N-dealkylation sites (tertiary alicyclic amines) is 1. The normalized spacial score (nSPS) is 16.3. The molecule has 1 aliphatic rings. The van der Waals surface area contributed by atoms with Crippen LogP contribution < -0.4 is 5.32 Å². The topological polar surface area (TPSA) is 97.2 Å². The molecule has 0 atom stereocenters. The standard InChI is InChI=1S/C18H25N5O3S/c1-18(2,27(25,26)16-6-11-20-22(16)3)14-7-12-23(13-8-14)17(24)21-15-4-9-19-10-5-15/h4-6,9-11,14H,7-8,12-13H2,1-3H3,(H,19,21,24). The van der Waals surface area contributed by atoms with Gasteiger partial charge in [0.05, 0.1) is 10.9 Å². The molecule has 8 nitrogen and oxygen atoms in total. The summed E-state index contributed by atoms with van der Waals surface area (Å²) in [5.41, 5.74) is 0.691. The minimum Gasteiger partial charge on any atom is -0.325 e. The first kappa shape index (κ1) is 19.3. The number of rotatable bonds is 4. The molecule has 3 rings (SSSR count). The highest BCUT2D eigenvalue weighted by Crippen LogP contribution is 2.37. The first-order valence-corrected chi connectivity index (χ1v) is 10.4. The molecule has 2 amide bonds. The number of piperidine rings is 1. The fourth-order valence-corrected chi connectivity index (χ4v) is 5.38. The van der Waals surface area contributed by atoms with Crippen LogP contribution in [0.25, 0.3) is 0 Å². The SMILES string of the molecule is Cn1nccc1S(=O)(=O)C(C)(C)C1CCN(C(=O)Nc2ccncc2)CC1. The number of anilines is 1. The van der Waals surface area contributed by atoms with Gasteiger partial charge < -0.3 is 10.2 Å². The van der Waals surface area contributed by atoms with Gasteiger partial charge in [-0.25, -0.2) is 13.2 Å². The summed E-state index contributed by atoms with van der Waals surface area (Å²) in [6, 6.07) is 4.82. The third-order valence-corrected chi connectivity index (χ3v) is 8.11. The van der Waals surface area contributed by atoms with E-state index in [1.807, 2.05) is 0 Å². The molecular formula is C18H25N5O3S. The highest BCUT2D eigenvalue weighted by atomic mass is 32.2. The Morgan fingerprint density at radius 2 is 1.78 bits per heavy atom. The highest BCUT2D eigenvalue weighted by Gasteiger charge is 2.45. The number of amides is 2. The van der Waals surface area contributed by atoms with Crippen LogP contribution in [0.2, 0.25) is 0 Å². The van der Waals surface area contributed by atoms with Gasteiger partial charge >= 0.3 is 6.03 Å². The van der Waals surface area contributed by atoms with Crippen molar-refractivity contribution in [1.29, 1.82) is 0 Å². The molecule has 0 saturated carbocycles. The van der Waals surface area contributed by atoms with Crippen LogP contribution in [0.3, 0.4) is 0 Å². The molecule has 1 fully saturated rings. The molecular weight excluding hydrogens is 366 g/mol. The fraction of sp³-hybridized carbons (Fsp3) is 0.500. The molecule has 9 heteroatoms. The van der Waals surface area contributed by atoms with Crippen LogP contribution >= 0.6 is 0 Å². The summed E-state index contributed by atoms with van der Waals surface area (Å²) in [6.45, 7) is 4.58. The van der Waals surface area contributed by atoms with E-state index in [9.17, 15) is 13.2 Å². The van der Waals surface area contributed by atoms with E-state index in [0.717, 1.165) is 0 Å². The number of nitrogens with one attached hydrogen (secondary N) is 1. The Morgan fingerprint density at radius 1 is 1.15 bits per heavy atom. The van der Waals surface area contributed by atoms with Crippen LogP contribution in [0.5, 0.6) is 0 Å². The number of sulfone groups is 1. The Hall–Kier alpha value is -2.42. The van der Waals surface area contributed by atoms with E-state index >= 15 is 0 Å². The van der Waals surface area contributed by atoms with Crippen molar-refractivity contribution in [3.05, 3.63) is 36.8 Å². The van der Waals surface area contributed by atoms with Crippen LogP contribution in [0.4, 0.5) is 10.5 Å². The van der Waals surface area contributed by atoms with Crippen molar-refractivity contribution in [2.75, 3.05) is 18.4 Å². The Labute approximate surface area is 159 Å². The Bertz CT molecular complexity index is 900. The van der Waals surface area contributed by atoms with E-state index in [1.165, 1.54) is 16.9 Å². The van der Waals surface area contributed by atoms with Crippen LogP contribution in [-0.2, 0) is 16.9 Å². The number of aromatic nitrogens is 3. The van der Waals surface area contributed by atoms with Crippen molar-refractivity contribution >= 4 is 21.6 Å². The molecule has 0 aromatic carbocycles. The largest absolute Gasteiger partial charge is 0.325 e. The molecule has 2 aromatic rings. The maximum Gasteiger partial charge on any atom is 0.321 e. The van der Waals surface area contributed by atoms with E-state index in [2.05, 4.69) is 15.4 Å². The van der Waals surface area contributed by atoms with Crippen molar-refractivity contribution in [1.82, 2.24) is 19.7 Å². The second-order valence-electron chi connectivity index (χ2n) is 7.33. The molecule has 0 bridgehead atoms. The predicted molar refractivity (Wildman–Crippen MR) is 102 cm³/mol. The van der Waals surface area contributed by atoms with Crippen molar-refractivity contribution in [3.63, 3.8) is 0 Å². The smallest absolute Gasteiger partial charge is 0.321 e. The Balaban J connectivity index is 1.66. The fourth-order valence-electron chi connectivity index (χ4n) is 3.53. The molecule has 2 aromatic heterocycles. The molecule has 1 saturated heterocycles. The van der Waals surface area contributed by atoms with Crippen LogP contribution in [0, 0.1) is 5.92 Å². The van der Waals surface area contributed by atoms with Crippen molar-refractivity contribution < 1.29 is 13.2 Å². The highest BCUT2D eigenvalue weighted by molar-refractivity contribution is 7.92. The summed E-state index contributed by atoms with van der Waals surface area (Å²) in [5, 5.41) is 7.06. The maximum absolute atomic E-state index is 13.1. The molecule has 1 aliphatic heterocycles. The number of carbonyl (C=O) groups is 1. The third kappa shape index (κ3) is 3.69. The van der Waals surface area contributed by atoms with Crippen LogP contribution in [0.15, 0.2) is 41.8 Å². The number of hydrogen-bond donors (Lipinski definition) is 1. The molecule has 146 valence electrons. The quantitative estimate of drug-likeness (QED) is 0.863. The summed E-state index contributed by atoms with van der Waals surface area (Å²) < 4.78 is 26.7. The number of pyridine rings is 1. The van der Waals surface area contributed by atoms with Gasteiger partial charge in [-0.1, -0.05) is 0 Å². The molecule has 0 aliphatic carbocycles. The van der Waals surface area contributed by atoms with E-state index in [1.54, 1.807) is 50.3 Å². The molecule has 27 heavy (non-hydrogen) atoms. The van der Waals surface area contributed by atoms with E-state index in [4.69, 9.17) is 0 Å². The van der Waals surface area contributed by atoms with Crippen molar-refractivity contribution in [2.24, 2.45) is 13.0 Å². The minimum atomic E-state index is -3.54. The number of urea groups is 1. The van der Waals surface area contributed by atoms with Gasteiger partial charge in [-0.3, -0.25) is 9.67 Å².